The molecule has 1 saturated heterocycles. The van der Waals surface area contributed by atoms with Crippen LogP contribution in [0.2, 0.25) is 0 Å². The zero-order chi connectivity index (χ0) is 17.6. The Morgan fingerprint density at radius 1 is 1.32 bits per heavy atom. The molecule has 3 N–H and O–H groups in total. The lowest BCUT2D eigenvalue weighted by Crippen LogP contribution is -2.47. The summed E-state index contributed by atoms with van der Waals surface area (Å²) >= 11 is 0. The first kappa shape index (κ1) is 21.9. The lowest BCUT2D eigenvalue weighted by Gasteiger charge is -2.32. The molecule has 0 aromatic heterocycles. The van der Waals surface area contributed by atoms with E-state index < -0.39 is 10.0 Å². The van der Waals surface area contributed by atoms with Gasteiger partial charge in [-0.15, -0.1) is 30.6 Å². The zero-order valence-electron chi connectivity index (χ0n) is 14.4. The molecule has 1 heterocycles. The van der Waals surface area contributed by atoms with Crippen LogP contribution in [0.3, 0.4) is 0 Å². The molecule has 1 fully saturated rings. The Kier molecular flexibility index (Phi) is 8.83. The molecule has 2 rings (SSSR count). The van der Waals surface area contributed by atoms with Crippen molar-refractivity contribution in [3.8, 4) is 0 Å². The van der Waals surface area contributed by atoms with Gasteiger partial charge in [0.1, 0.15) is 0 Å². The molecule has 1 aromatic carbocycles. The van der Waals surface area contributed by atoms with Crippen molar-refractivity contribution >= 4 is 40.0 Å². The maximum absolute atomic E-state index is 12.9. The van der Waals surface area contributed by atoms with Crippen molar-refractivity contribution in [1.29, 1.82) is 0 Å². The van der Waals surface area contributed by atoms with Crippen LogP contribution in [0.1, 0.15) is 5.56 Å². The maximum Gasteiger partial charge on any atom is 0.243 e. The Hall–Kier alpha value is -1.17. The standard InChI is InChI=1S/C16H25N5O2S.HI/c1-3-8-18-16(17)19-13-14-6-4-5-7-15(14)24(22,23)21-11-9-20(2)10-12-21;/h3-7H,1,8-13H2,2H3,(H3,17,18,19);1H. The predicted octanol–water partition coefficient (Wildman–Crippen LogP) is 0.831. The minimum Gasteiger partial charge on any atom is -0.370 e. The van der Waals surface area contributed by atoms with Crippen LogP contribution in [0.25, 0.3) is 0 Å². The quantitative estimate of drug-likeness (QED) is 0.273. The van der Waals surface area contributed by atoms with Gasteiger partial charge in [-0.05, 0) is 18.7 Å². The normalized spacial score (nSPS) is 16.9. The molecule has 0 bridgehead atoms. The summed E-state index contributed by atoms with van der Waals surface area (Å²) in [5, 5.41) is 2.87. The maximum atomic E-state index is 12.9. The minimum atomic E-state index is -3.52. The van der Waals surface area contributed by atoms with Gasteiger partial charge in [0.25, 0.3) is 0 Å². The van der Waals surface area contributed by atoms with Gasteiger partial charge in [-0.1, -0.05) is 24.3 Å². The molecule has 0 unspecified atom stereocenters. The lowest BCUT2D eigenvalue weighted by molar-refractivity contribution is 0.222. The predicted molar refractivity (Wildman–Crippen MR) is 112 cm³/mol. The Morgan fingerprint density at radius 2 is 1.96 bits per heavy atom. The third-order valence-electron chi connectivity index (χ3n) is 3.90. The van der Waals surface area contributed by atoms with Crippen molar-refractivity contribution in [3.63, 3.8) is 0 Å². The zero-order valence-corrected chi connectivity index (χ0v) is 17.5. The smallest absolute Gasteiger partial charge is 0.243 e. The molecule has 0 spiro atoms. The van der Waals surface area contributed by atoms with E-state index in [2.05, 4.69) is 21.8 Å². The third-order valence-corrected chi connectivity index (χ3v) is 5.90. The van der Waals surface area contributed by atoms with E-state index in [9.17, 15) is 8.42 Å². The summed E-state index contributed by atoms with van der Waals surface area (Å²) in [6.07, 6.45) is 1.67. The van der Waals surface area contributed by atoms with Crippen LogP contribution in [0.5, 0.6) is 0 Å². The molecule has 1 aliphatic heterocycles. The fourth-order valence-electron chi connectivity index (χ4n) is 2.46. The monoisotopic (exact) mass is 479 g/mol. The third kappa shape index (κ3) is 5.94. The average Bonchev–Trinajstić information content (AvgIpc) is 2.58. The first-order valence-electron chi connectivity index (χ1n) is 7.86. The second-order valence-electron chi connectivity index (χ2n) is 5.69. The van der Waals surface area contributed by atoms with Crippen molar-refractivity contribution in [1.82, 2.24) is 14.5 Å². The highest BCUT2D eigenvalue weighted by Gasteiger charge is 2.29. The summed E-state index contributed by atoms with van der Waals surface area (Å²) < 4.78 is 27.4. The number of aliphatic imine (C=N–C) groups is 1. The van der Waals surface area contributed by atoms with Gasteiger partial charge in [0, 0.05) is 32.7 Å². The highest BCUT2D eigenvalue weighted by molar-refractivity contribution is 14.0. The number of sulfonamides is 1. The molecule has 7 nitrogen and oxygen atoms in total. The number of nitrogens with two attached hydrogens (primary N) is 1. The number of hydrogen-bond donors (Lipinski definition) is 2. The summed E-state index contributed by atoms with van der Waals surface area (Å²) in [4.78, 5) is 6.63. The van der Waals surface area contributed by atoms with Crippen molar-refractivity contribution in [2.75, 3.05) is 39.8 Å². The number of nitrogens with one attached hydrogen (secondary N) is 1. The molecular formula is C16H26IN5O2S. The fourth-order valence-corrected chi connectivity index (χ4v) is 4.09. The molecule has 0 saturated carbocycles. The highest BCUT2D eigenvalue weighted by atomic mass is 127. The van der Waals surface area contributed by atoms with E-state index in [1.165, 1.54) is 4.31 Å². The van der Waals surface area contributed by atoms with Crippen LogP contribution < -0.4 is 11.1 Å². The van der Waals surface area contributed by atoms with E-state index in [1.807, 2.05) is 7.05 Å². The van der Waals surface area contributed by atoms with Crippen LogP contribution >= 0.6 is 24.0 Å². The molecule has 1 aromatic rings. The summed E-state index contributed by atoms with van der Waals surface area (Å²) in [5.74, 6) is 0.265. The Bertz CT molecular complexity index is 700. The fraction of sp³-hybridized carbons (Fsp3) is 0.438. The van der Waals surface area contributed by atoms with Crippen LogP contribution in [0, 0.1) is 0 Å². The Labute approximate surface area is 167 Å². The molecule has 25 heavy (non-hydrogen) atoms. The molecule has 0 amide bonds. The molecule has 0 aliphatic carbocycles. The number of rotatable bonds is 6. The average molecular weight is 479 g/mol. The molecule has 0 radical (unpaired) electrons. The first-order valence-corrected chi connectivity index (χ1v) is 9.30. The highest BCUT2D eigenvalue weighted by Crippen LogP contribution is 2.22. The number of benzene rings is 1. The van der Waals surface area contributed by atoms with Crippen molar-refractivity contribution in [3.05, 3.63) is 42.5 Å². The minimum absolute atomic E-state index is 0. The van der Waals surface area contributed by atoms with E-state index in [-0.39, 0.29) is 36.5 Å². The van der Waals surface area contributed by atoms with Crippen LogP contribution in [-0.2, 0) is 16.6 Å². The van der Waals surface area contributed by atoms with Gasteiger partial charge in [0.05, 0.1) is 11.4 Å². The molecule has 9 heteroatoms. The molecular weight excluding hydrogens is 453 g/mol. The number of guanidine groups is 1. The van der Waals surface area contributed by atoms with E-state index in [1.54, 1.807) is 30.3 Å². The van der Waals surface area contributed by atoms with Crippen molar-refractivity contribution in [2.45, 2.75) is 11.4 Å². The number of piperazine rings is 1. The number of likely N-dealkylation sites (N-methyl/N-ethyl adjacent to an activating group) is 1. The van der Waals surface area contributed by atoms with Crippen LogP contribution in [0.15, 0.2) is 46.8 Å². The topological polar surface area (TPSA) is 91.0 Å². The van der Waals surface area contributed by atoms with Gasteiger partial charge in [0.15, 0.2) is 5.96 Å². The molecule has 1 aliphatic rings. The number of halogens is 1. The van der Waals surface area contributed by atoms with Crippen molar-refractivity contribution in [2.24, 2.45) is 10.7 Å². The summed E-state index contributed by atoms with van der Waals surface area (Å²) in [5.41, 5.74) is 6.39. The lowest BCUT2D eigenvalue weighted by atomic mass is 10.2. The second-order valence-corrected chi connectivity index (χ2v) is 7.59. The van der Waals surface area contributed by atoms with E-state index >= 15 is 0 Å². The SMILES string of the molecule is C=CCNC(N)=NCc1ccccc1S(=O)(=O)N1CCN(C)CC1.I. The van der Waals surface area contributed by atoms with Gasteiger partial charge in [-0.3, -0.25) is 0 Å². The van der Waals surface area contributed by atoms with Crippen molar-refractivity contribution < 1.29 is 8.42 Å². The van der Waals surface area contributed by atoms with Crippen LogP contribution in [-0.4, -0.2) is 63.4 Å². The number of hydrogen-bond acceptors (Lipinski definition) is 4. The van der Waals surface area contributed by atoms with Gasteiger partial charge in [-0.2, -0.15) is 4.31 Å². The van der Waals surface area contributed by atoms with Gasteiger partial charge in [-0.25, -0.2) is 13.4 Å². The second kappa shape index (κ2) is 10.1. The summed E-state index contributed by atoms with van der Waals surface area (Å²) in [6.45, 7) is 6.78. The van der Waals surface area contributed by atoms with Gasteiger partial charge >= 0.3 is 0 Å². The largest absolute Gasteiger partial charge is 0.370 e. The molecule has 0 atom stereocenters. The van der Waals surface area contributed by atoms with E-state index in [0.29, 0.717) is 30.1 Å². The summed E-state index contributed by atoms with van der Waals surface area (Å²) in [7, 11) is -1.53. The number of nitrogens with zero attached hydrogens (tertiary/aromatic N) is 3. The Balaban J connectivity index is 0.00000312. The molecule has 140 valence electrons. The summed E-state index contributed by atoms with van der Waals surface area (Å²) in [6, 6.07) is 6.94. The van der Waals surface area contributed by atoms with Crippen LogP contribution in [0.4, 0.5) is 0 Å². The Morgan fingerprint density at radius 3 is 2.60 bits per heavy atom. The first-order chi connectivity index (χ1) is 11.4. The van der Waals surface area contributed by atoms with E-state index in [4.69, 9.17) is 5.73 Å². The van der Waals surface area contributed by atoms with Gasteiger partial charge < -0.3 is 16.0 Å². The van der Waals surface area contributed by atoms with Gasteiger partial charge in [0.2, 0.25) is 10.0 Å². The van der Waals surface area contributed by atoms with E-state index in [0.717, 1.165) is 13.1 Å².